The van der Waals surface area contributed by atoms with Crippen LogP contribution >= 0.6 is 0 Å². The molecule has 0 saturated carbocycles. The molecule has 1 amide bonds. The zero-order chi connectivity index (χ0) is 21.1. The molecule has 1 aromatic heterocycles. The molecular formula is C20H25F2N5O3. The zero-order valence-electron chi connectivity index (χ0n) is 16.7. The number of likely N-dealkylation sites (tertiary alicyclic amines) is 1. The SMILES string of the molecule is COc1ccc(OCC(=O)N2CCCC([C@@H]3C[C@H](C(F)F)n4ncnc4N3)C2)cc1. The average Bonchev–Trinajstić information content (AvgIpc) is 3.25. The summed E-state index contributed by atoms with van der Waals surface area (Å²) in [6.07, 6.45) is 0.707. The molecule has 8 nitrogen and oxygen atoms in total. The molecule has 2 aliphatic heterocycles. The van der Waals surface area contributed by atoms with Crippen LogP contribution in [0.4, 0.5) is 14.7 Å². The summed E-state index contributed by atoms with van der Waals surface area (Å²) < 4.78 is 39.0. The molecule has 2 aliphatic rings. The first-order valence-corrected chi connectivity index (χ1v) is 10.0. The van der Waals surface area contributed by atoms with Gasteiger partial charge in [0.1, 0.15) is 23.9 Å². The summed E-state index contributed by atoms with van der Waals surface area (Å²) in [5.41, 5.74) is 0. The van der Waals surface area contributed by atoms with E-state index in [1.807, 2.05) is 0 Å². The van der Waals surface area contributed by atoms with Gasteiger partial charge >= 0.3 is 0 Å². The van der Waals surface area contributed by atoms with Gasteiger partial charge in [-0.25, -0.2) is 13.5 Å². The number of amides is 1. The molecule has 0 aliphatic carbocycles. The van der Waals surface area contributed by atoms with Crippen LogP contribution < -0.4 is 14.8 Å². The van der Waals surface area contributed by atoms with Gasteiger partial charge in [0.05, 0.1) is 7.11 Å². The lowest BCUT2D eigenvalue weighted by atomic mass is 9.86. The maximum absolute atomic E-state index is 13.5. The number of benzene rings is 1. The lowest BCUT2D eigenvalue weighted by Crippen LogP contribution is -2.49. The van der Waals surface area contributed by atoms with Gasteiger partial charge in [-0.05, 0) is 49.4 Å². The van der Waals surface area contributed by atoms with Gasteiger partial charge in [0.25, 0.3) is 12.3 Å². The Morgan fingerprint density at radius 2 is 2.07 bits per heavy atom. The summed E-state index contributed by atoms with van der Waals surface area (Å²) in [4.78, 5) is 18.5. The van der Waals surface area contributed by atoms with Crippen molar-refractivity contribution < 1.29 is 23.0 Å². The second-order valence-electron chi connectivity index (χ2n) is 7.62. The molecule has 30 heavy (non-hydrogen) atoms. The molecule has 3 heterocycles. The highest BCUT2D eigenvalue weighted by Crippen LogP contribution is 2.35. The van der Waals surface area contributed by atoms with E-state index in [-0.39, 0.29) is 30.9 Å². The Balaban J connectivity index is 1.35. The van der Waals surface area contributed by atoms with E-state index < -0.39 is 12.5 Å². The summed E-state index contributed by atoms with van der Waals surface area (Å²) in [6, 6.07) is 5.85. The quantitative estimate of drug-likeness (QED) is 0.772. The van der Waals surface area contributed by atoms with E-state index in [9.17, 15) is 13.6 Å². The first-order chi connectivity index (χ1) is 14.5. The number of nitrogens with one attached hydrogen (secondary N) is 1. The Labute approximate surface area is 173 Å². The molecule has 4 rings (SSSR count). The Morgan fingerprint density at radius 3 is 2.80 bits per heavy atom. The van der Waals surface area contributed by atoms with Crippen LogP contribution in [0, 0.1) is 5.92 Å². The van der Waals surface area contributed by atoms with Crippen molar-refractivity contribution in [2.24, 2.45) is 5.92 Å². The normalized spacial score (nSPS) is 23.6. The van der Waals surface area contributed by atoms with Gasteiger partial charge in [-0.2, -0.15) is 10.1 Å². The number of nitrogens with zero attached hydrogens (tertiary/aromatic N) is 4. The van der Waals surface area contributed by atoms with E-state index in [2.05, 4.69) is 15.4 Å². The minimum Gasteiger partial charge on any atom is -0.497 e. The predicted molar refractivity (Wildman–Crippen MR) is 105 cm³/mol. The fraction of sp³-hybridized carbons (Fsp3) is 0.550. The molecule has 0 radical (unpaired) electrons. The van der Waals surface area contributed by atoms with Crippen LogP contribution in [0.3, 0.4) is 0 Å². The first kappa shape index (κ1) is 20.4. The summed E-state index contributed by atoms with van der Waals surface area (Å²) >= 11 is 0. The highest BCUT2D eigenvalue weighted by Gasteiger charge is 2.39. The van der Waals surface area contributed by atoms with Crippen molar-refractivity contribution in [1.82, 2.24) is 19.7 Å². The number of hydrogen-bond acceptors (Lipinski definition) is 6. The molecule has 1 saturated heterocycles. The Kier molecular flexibility index (Phi) is 6.01. The number of carbonyl (C=O) groups excluding carboxylic acids is 1. The van der Waals surface area contributed by atoms with Crippen LogP contribution in [0.2, 0.25) is 0 Å². The number of carbonyl (C=O) groups is 1. The van der Waals surface area contributed by atoms with Gasteiger partial charge in [-0.3, -0.25) is 4.79 Å². The molecule has 1 fully saturated rings. The van der Waals surface area contributed by atoms with Gasteiger partial charge in [0.2, 0.25) is 5.95 Å². The van der Waals surface area contributed by atoms with E-state index >= 15 is 0 Å². The van der Waals surface area contributed by atoms with Crippen molar-refractivity contribution >= 4 is 11.9 Å². The standard InChI is InChI=1S/C20H25F2N5O3/c1-29-14-4-6-15(7-5-14)30-11-18(28)26-8-2-3-13(10-26)16-9-17(19(21)22)27-20(25-16)23-12-24-27/h4-7,12-13,16-17,19H,2-3,8-11H2,1H3,(H,23,24,25)/t13?,16-,17+/m0/s1. The molecule has 3 atom stereocenters. The fourth-order valence-electron chi connectivity index (χ4n) is 4.17. The fourth-order valence-corrected chi connectivity index (χ4v) is 4.17. The first-order valence-electron chi connectivity index (χ1n) is 10.0. The van der Waals surface area contributed by atoms with Crippen molar-refractivity contribution in [3.8, 4) is 11.5 Å². The number of methoxy groups -OCH3 is 1. The topological polar surface area (TPSA) is 81.5 Å². The molecular weight excluding hydrogens is 396 g/mol. The largest absolute Gasteiger partial charge is 0.497 e. The van der Waals surface area contributed by atoms with Gasteiger partial charge in [0.15, 0.2) is 6.61 Å². The summed E-state index contributed by atoms with van der Waals surface area (Å²) in [6.45, 7) is 1.08. The lowest BCUT2D eigenvalue weighted by Gasteiger charge is -2.40. The molecule has 1 aromatic carbocycles. The van der Waals surface area contributed by atoms with E-state index in [4.69, 9.17) is 9.47 Å². The average molecular weight is 421 g/mol. The van der Waals surface area contributed by atoms with Gasteiger partial charge in [0, 0.05) is 19.1 Å². The maximum Gasteiger partial charge on any atom is 0.260 e. The summed E-state index contributed by atoms with van der Waals surface area (Å²) in [5, 5.41) is 7.15. The second kappa shape index (κ2) is 8.85. The number of alkyl halides is 2. The molecule has 0 bridgehead atoms. The van der Waals surface area contributed by atoms with E-state index in [0.29, 0.717) is 30.5 Å². The van der Waals surface area contributed by atoms with Crippen molar-refractivity contribution in [3.63, 3.8) is 0 Å². The monoisotopic (exact) mass is 421 g/mol. The third-order valence-corrected chi connectivity index (χ3v) is 5.79. The van der Waals surface area contributed by atoms with Crippen molar-refractivity contribution in [2.75, 3.05) is 32.1 Å². The van der Waals surface area contributed by atoms with Crippen LogP contribution in [0.5, 0.6) is 11.5 Å². The van der Waals surface area contributed by atoms with Crippen molar-refractivity contribution in [3.05, 3.63) is 30.6 Å². The van der Waals surface area contributed by atoms with Crippen molar-refractivity contribution in [1.29, 1.82) is 0 Å². The smallest absolute Gasteiger partial charge is 0.260 e. The Morgan fingerprint density at radius 1 is 1.30 bits per heavy atom. The van der Waals surface area contributed by atoms with Crippen LogP contribution in [0.1, 0.15) is 25.3 Å². The zero-order valence-corrected chi connectivity index (χ0v) is 16.7. The minimum absolute atomic E-state index is 0.0644. The number of hydrogen-bond donors (Lipinski definition) is 1. The second-order valence-corrected chi connectivity index (χ2v) is 7.62. The Hall–Kier alpha value is -2.91. The molecule has 1 N–H and O–H groups in total. The number of aromatic nitrogens is 3. The minimum atomic E-state index is -2.52. The molecule has 1 unspecified atom stereocenters. The maximum atomic E-state index is 13.5. The van der Waals surface area contributed by atoms with Crippen LogP contribution in [0.15, 0.2) is 30.6 Å². The molecule has 10 heteroatoms. The number of anilines is 1. The molecule has 162 valence electrons. The van der Waals surface area contributed by atoms with Gasteiger partial charge < -0.3 is 19.7 Å². The predicted octanol–water partition coefficient (Wildman–Crippen LogP) is 2.59. The summed E-state index contributed by atoms with van der Waals surface area (Å²) in [5.74, 6) is 1.62. The van der Waals surface area contributed by atoms with E-state index in [0.717, 1.165) is 12.8 Å². The van der Waals surface area contributed by atoms with Crippen LogP contribution in [0.25, 0.3) is 0 Å². The Bertz CT molecular complexity index is 860. The number of halogens is 2. The van der Waals surface area contributed by atoms with Crippen LogP contribution in [-0.2, 0) is 4.79 Å². The number of rotatable bonds is 6. The van der Waals surface area contributed by atoms with Crippen molar-refractivity contribution in [2.45, 2.75) is 37.8 Å². The highest BCUT2D eigenvalue weighted by atomic mass is 19.3. The third kappa shape index (κ3) is 4.31. The molecule has 2 aromatic rings. The number of fused-ring (bicyclic) bond motifs is 1. The van der Waals surface area contributed by atoms with E-state index in [1.165, 1.54) is 11.0 Å². The van der Waals surface area contributed by atoms with E-state index in [1.54, 1.807) is 36.3 Å². The highest BCUT2D eigenvalue weighted by molar-refractivity contribution is 5.77. The number of piperidine rings is 1. The third-order valence-electron chi connectivity index (χ3n) is 5.79. The van der Waals surface area contributed by atoms with Gasteiger partial charge in [-0.1, -0.05) is 0 Å². The number of ether oxygens (including phenoxy) is 2. The van der Waals surface area contributed by atoms with Gasteiger partial charge in [-0.15, -0.1) is 0 Å². The lowest BCUT2D eigenvalue weighted by molar-refractivity contribution is -0.135. The van der Waals surface area contributed by atoms with Crippen LogP contribution in [-0.4, -0.2) is 64.8 Å². The molecule has 0 spiro atoms. The summed E-state index contributed by atoms with van der Waals surface area (Å²) in [7, 11) is 1.58.